The largest absolute Gasteiger partial charge is 0.312 e. The molecule has 0 saturated carbocycles. The van der Waals surface area contributed by atoms with Gasteiger partial charge in [0.1, 0.15) is 0 Å². The number of hydrogen-bond acceptors (Lipinski definition) is 1. The minimum Gasteiger partial charge on any atom is -0.312 e. The summed E-state index contributed by atoms with van der Waals surface area (Å²) >= 11 is 0. The molecule has 0 aliphatic rings. The van der Waals surface area contributed by atoms with E-state index in [1.807, 2.05) is 6.20 Å². The molecule has 4 rings (SSSR count). The Balaban J connectivity index is 2.31. The van der Waals surface area contributed by atoms with Crippen molar-refractivity contribution in [2.24, 2.45) is 0 Å². The Morgan fingerprint density at radius 3 is 2.83 bits per heavy atom. The minimum atomic E-state index is 1.04. The Morgan fingerprint density at radius 2 is 1.89 bits per heavy atom. The van der Waals surface area contributed by atoms with Crippen LogP contribution >= 0.6 is 0 Å². The van der Waals surface area contributed by atoms with Crippen molar-refractivity contribution >= 4 is 27.3 Å². The fourth-order valence-corrected chi connectivity index (χ4v) is 2.58. The molecule has 2 heterocycles. The molecule has 0 saturated heterocycles. The number of aryl methyl sites for hydroxylation is 1. The van der Waals surface area contributed by atoms with Crippen LogP contribution in [0, 0.1) is 6.92 Å². The molecular formula is C16H12N2. The molecule has 18 heavy (non-hydrogen) atoms. The number of rotatable bonds is 0. The molecule has 0 amide bonds. The van der Waals surface area contributed by atoms with Crippen LogP contribution in [0.3, 0.4) is 0 Å². The van der Waals surface area contributed by atoms with E-state index in [4.69, 9.17) is 0 Å². The molecule has 0 bridgehead atoms. The molecule has 0 spiro atoms. The minimum absolute atomic E-state index is 1.04. The van der Waals surface area contributed by atoms with E-state index in [2.05, 4.69) is 65.0 Å². The highest BCUT2D eigenvalue weighted by molar-refractivity contribution is 5.99. The maximum absolute atomic E-state index is 4.55. The highest BCUT2D eigenvalue weighted by Gasteiger charge is 2.06. The summed E-state index contributed by atoms with van der Waals surface area (Å²) in [7, 11) is 0. The molecule has 0 unspecified atom stereocenters. The number of fused-ring (bicyclic) bond motifs is 5. The highest BCUT2D eigenvalue weighted by Crippen LogP contribution is 2.25. The maximum atomic E-state index is 4.55. The first-order chi connectivity index (χ1) is 8.83. The molecule has 0 atom stereocenters. The average Bonchev–Trinajstić information content (AvgIpc) is 2.78. The van der Waals surface area contributed by atoms with Gasteiger partial charge in [-0.1, -0.05) is 30.3 Å². The van der Waals surface area contributed by atoms with Gasteiger partial charge in [-0.3, -0.25) is 4.98 Å². The zero-order valence-corrected chi connectivity index (χ0v) is 10.1. The van der Waals surface area contributed by atoms with Crippen LogP contribution in [-0.2, 0) is 0 Å². The molecular weight excluding hydrogens is 220 g/mol. The third-order valence-corrected chi connectivity index (χ3v) is 3.48. The van der Waals surface area contributed by atoms with Gasteiger partial charge in [-0.2, -0.15) is 0 Å². The molecule has 4 aromatic rings. The van der Waals surface area contributed by atoms with Gasteiger partial charge in [-0.15, -0.1) is 0 Å². The lowest BCUT2D eigenvalue weighted by Crippen LogP contribution is -1.89. The van der Waals surface area contributed by atoms with Crippen molar-refractivity contribution < 1.29 is 0 Å². The van der Waals surface area contributed by atoms with Crippen LogP contribution in [-0.4, -0.2) is 9.38 Å². The van der Waals surface area contributed by atoms with E-state index in [0.717, 1.165) is 5.52 Å². The third kappa shape index (κ3) is 1.20. The van der Waals surface area contributed by atoms with Crippen LogP contribution in [0.4, 0.5) is 0 Å². The number of nitrogens with zero attached hydrogens (tertiary/aromatic N) is 2. The summed E-state index contributed by atoms with van der Waals surface area (Å²) in [5.74, 6) is 0. The van der Waals surface area contributed by atoms with Gasteiger partial charge in [0.15, 0.2) is 0 Å². The van der Waals surface area contributed by atoms with Gasteiger partial charge >= 0.3 is 0 Å². The number of aromatic nitrogens is 2. The first-order valence-electron chi connectivity index (χ1n) is 6.08. The van der Waals surface area contributed by atoms with Crippen LogP contribution in [0.2, 0.25) is 0 Å². The molecule has 0 radical (unpaired) electrons. The van der Waals surface area contributed by atoms with E-state index >= 15 is 0 Å². The van der Waals surface area contributed by atoms with Crippen LogP contribution < -0.4 is 0 Å². The molecule has 86 valence electrons. The summed E-state index contributed by atoms with van der Waals surface area (Å²) in [6, 6.07) is 14.8. The molecule has 2 aromatic heterocycles. The monoisotopic (exact) mass is 232 g/mol. The van der Waals surface area contributed by atoms with Crippen molar-refractivity contribution in [1.82, 2.24) is 9.38 Å². The van der Waals surface area contributed by atoms with Gasteiger partial charge in [0.25, 0.3) is 0 Å². The predicted molar refractivity (Wildman–Crippen MR) is 74.9 cm³/mol. The van der Waals surface area contributed by atoms with Gasteiger partial charge < -0.3 is 4.40 Å². The summed E-state index contributed by atoms with van der Waals surface area (Å²) < 4.78 is 2.24. The summed E-state index contributed by atoms with van der Waals surface area (Å²) in [4.78, 5) is 4.55. The standard InChI is InChI=1S/C16H12N2/c1-11-6-7-14-15(8-11)18-10-12-4-2-3-5-13(12)16(18)9-17-14/h2-10H,1H3. The molecule has 0 N–H and O–H groups in total. The Kier molecular flexibility index (Phi) is 1.78. The van der Waals surface area contributed by atoms with Crippen molar-refractivity contribution in [1.29, 1.82) is 0 Å². The lowest BCUT2D eigenvalue weighted by molar-refractivity contribution is 1.23. The molecule has 2 heteroatoms. The van der Waals surface area contributed by atoms with Gasteiger partial charge in [-0.25, -0.2) is 0 Å². The van der Waals surface area contributed by atoms with E-state index in [1.165, 1.54) is 27.4 Å². The quantitative estimate of drug-likeness (QED) is 0.448. The first kappa shape index (κ1) is 9.66. The lowest BCUT2D eigenvalue weighted by atomic mass is 10.2. The van der Waals surface area contributed by atoms with E-state index in [-0.39, 0.29) is 0 Å². The Hall–Kier alpha value is -2.35. The van der Waals surface area contributed by atoms with Gasteiger partial charge in [0.05, 0.1) is 22.7 Å². The zero-order chi connectivity index (χ0) is 12.1. The molecule has 2 aromatic carbocycles. The predicted octanol–water partition coefficient (Wildman–Crippen LogP) is 3.95. The van der Waals surface area contributed by atoms with Crippen molar-refractivity contribution in [3.8, 4) is 0 Å². The fraction of sp³-hybridized carbons (Fsp3) is 0.0625. The number of hydrogen-bond donors (Lipinski definition) is 0. The van der Waals surface area contributed by atoms with E-state index < -0.39 is 0 Å². The smallest absolute Gasteiger partial charge is 0.0871 e. The highest BCUT2D eigenvalue weighted by atomic mass is 14.9. The number of benzene rings is 2. The van der Waals surface area contributed by atoms with Crippen molar-refractivity contribution in [2.45, 2.75) is 6.92 Å². The Morgan fingerprint density at radius 1 is 1.00 bits per heavy atom. The summed E-state index contributed by atoms with van der Waals surface area (Å²) in [6.45, 7) is 2.11. The van der Waals surface area contributed by atoms with Gasteiger partial charge in [0, 0.05) is 17.0 Å². The lowest BCUT2D eigenvalue weighted by Gasteiger charge is -2.03. The molecule has 0 fully saturated rings. The second kappa shape index (κ2) is 3.33. The van der Waals surface area contributed by atoms with E-state index in [1.54, 1.807) is 0 Å². The maximum Gasteiger partial charge on any atom is 0.0871 e. The van der Waals surface area contributed by atoms with Crippen LogP contribution in [0.15, 0.2) is 54.9 Å². The average molecular weight is 232 g/mol. The Labute approximate surface area is 104 Å². The summed E-state index contributed by atoms with van der Waals surface area (Å²) in [6.07, 6.45) is 4.15. The second-order valence-electron chi connectivity index (χ2n) is 4.72. The Bertz CT molecular complexity index is 887. The first-order valence-corrected chi connectivity index (χ1v) is 6.08. The van der Waals surface area contributed by atoms with Crippen molar-refractivity contribution in [2.75, 3.05) is 0 Å². The van der Waals surface area contributed by atoms with Crippen LogP contribution in [0.1, 0.15) is 5.56 Å². The molecule has 0 aliphatic carbocycles. The topological polar surface area (TPSA) is 17.3 Å². The van der Waals surface area contributed by atoms with Crippen LogP contribution in [0.5, 0.6) is 0 Å². The van der Waals surface area contributed by atoms with Gasteiger partial charge in [-0.05, 0) is 24.6 Å². The third-order valence-electron chi connectivity index (χ3n) is 3.48. The normalized spacial score (nSPS) is 11.6. The molecule has 0 aliphatic heterocycles. The zero-order valence-electron chi connectivity index (χ0n) is 10.1. The van der Waals surface area contributed by atoms with Gasteiger partial charge in [0.2, 0.25) is 0 Å². The summed E-state index contributed by atoms with van der Waals surface area (Å²) in [5, 5.41) is 2.52. The van der Waals surface area contributed by atoms with Crippen LogP contribution in [0.25, 0.3) is 27.3 Å². The second-order valence-corrected chi connectivity index (χ2v) is 4.72. The van der Waals surface area contributed by atoms with E-state index in [9.17, 15) is 0 Å². The van der Waals surface area contributed by atoms with Crippen molar-refractivity contribution in [3.05, 3.63) is 60.4 Å². The van der Waals surface area contributed by atoms with Crippen molar-refractivity contribution in [3.63, 3.8) is 0 Å². The SMILES string of the molecule is Cc1ccc2ncc3c4ccccc4cn3c2c1. The molecule has 2 nitrogen and oxygen atoms in total. The fourth-order valence-electron chi connectivity index (χ4n) is 2.58. The van der Waals surface area contributed by atoms with E-state index in [0.29, 0.717) is 0 Å². The summed E-state index contributed by atoms with van der Waals surface area (Å²) in [5.41, 5.74) is 4.63.